The highest BCUT2D eigenvalue weighted by molar-refractivity contribution is 9.10. The lowest BCUT2D eigenvalue weighted by atomic mass is 9.84. The molecule has 2 aliphatic heterocycles. The van der Waals surface area contributed by atoms with Gasteiger partial charge in [-0.15, -0.1) is 0 Å². The van der Waals surface area contributed by atoms with Gasteiger partial charge >= 0.3 is 0 Å². The first-order chi connectivity index (χ1) is 9.20. The molecule has 0 saturated carbocycles. The zero-order valence-corrected chi connectivity index (χ0v) is 12.5. The minimum Gasteiger partial charge on any atom is -0.386 e. The van der Waals surface area contributed by atoms with Crippen LogP contribution in [-0.4, -0.2) is 40.8 Å². The van der Waals surface area contributed by atoms with Crippen molar-refractivity contribution in [3.63, 3.8) is 0 Å². The topological polar surface area (TPSA) is 56.5 Å². The molecule has 3 rings (SSSR count). The zero-order valence-electron chi connectivity index (χ0n) is 11.0. The van der Waals surface area contributed by atoms with Gasteiger partial charge in [0.25, 0.3) is 0 Å². The van der Waals surface area contributed by atoms with Crippen molar-refractivity contribution in [1.82, 2.24) is 9.78 Å². The van der Waals surface area contributed by atoms with Gasteiger partial charge in [-0.25, -0.2) is 0 Å². The lowest BCUT2D eigenvalue weighted by Crippen LogP contribution is -2.26. The maximum Gasteiger partial charge on any atom is 0.102 e. The SMILES string of the molecule is COCCn1ncc(Br)c1C(O)C1CC2CCC1O2. The smallest absolute Gasteiger partial charge is 0.102 e. The van der Waals surface area contributed by atoms with Crippen molar-refractivity contribution in [3.8, 4) is 0 Å². The first-order valence-electron chi connectivity index (χ1n) is 6.74. The Hall–Kier alpha value is -0.430. The molecule has 0 aromatic carbocycles. The average molecular weight is 331 g/mol. The number of nitrogens with zero attached hydrogens (tertiary/aromatic N) is 2. The Bertz CT molecular complexity index is 451. The second-order valence-electron chi connectivity index (χ2n) is 5.31. The van der Waals surface area contributed by atoms with E-state index in [0.717, 1.165) is 29.4 Å². The van der Waals surface area contributed by atoms with Crippen LogP contribution < -0.4 is 0 Å². The van der Waals surface area contributed by atoms with Crippen molar-refractivity contribution < 1.29 is 14.6 Å². The molecule has 2 saturated heterocycles. The highest BCUT2D eigenvalue weighted by Crippen LogP contribution is 2.45. The summed E-state index contributed by atoms with van der Waals surface area (Å²) in [5.74, 6) is 0.188. The molecule has 0 radical (unpaired) electrons. The molecule has 0 spiro atoms. The monoisotopic (exact) mass is 330 g/mol. The second-order valence-corrected chi connectivity index (χ2v) is 6.17. The zero-order chi connectivity index (χ0) is 13.4. The molecule has 0 aliphatic carbocycles. The van der Waals surface area contributed by atoms with Crippen LogP contribution in [0.3, 0.4) is 0 Å². The van der Waals surface area contributed by atoms with Crippen LogP contribution >= 0.6 is 15.9 Å². The van der Waals surface area contributed by atoms with E-state index in [1.807, 2.05) is 4.68 Å². The van der Waals surface area contributed by atoms with Crippen molar-refractivity contribution in [1.29, 1.82) is 0 Å². The van der Waals surface area contributed by atoms with E-state index in [1.54, 1.807) is 13.3 Å². The Morgan fingerprint density at radius 2 is 2.47 bits per heavy atom. The van der Waals surface area contributed by atoms with E-state index in [-0.39, 0.29) is 12.0 Å². The van der Waals surface area contributed by atoms with Gasteiger partial charge in [0, 0.05) is 13.0 Å². The van der Waals surface area contributed by atoms with Gasteiger partial charge in [-0.3, -0.25) is 4.68 Å². The Morgan fingerprint density at radius 1 is 1.63 bits per heavy atom. The highest BCUT2D eigenvalue weighted by Gasteiger charge is 2.45. The number of fused-ring (bicyclic) bond motifs is 2. The average Bonchev–Trinajstić information content (AvgIpc) is 3.10. The highest BCUT2D eigenvalue weighted by atomic mass is 79.9. The van der Waals surface area contributed by atoms with E-state index < -0.39 is 6.10 Å². The molecule has 4 atom stereocenters. The maximum absolute atomic E-state index is 10.7. The molecule has 2 fully saturated rings. The van der Waals surface area contributed by atoms with Crippen molar-refractivity contribution >= 4 is 15.9 Å². The van der Waals surface area contributed by atoms with E-state index in [9.17, 15) is 5.11 Å². The molecule has 5 nitrogen and oxygen atoms in total. The van der Waals surface area contributed by atoms with E-state index in [0.29, 0.717) is 19.3 Å². The summed E-state index contributed by atoms with van der Waals surface area (Å²) in [5, 5.41) is 15.0. The van der Waals surface area contributed by atoms with Gasteiger partial charge in [-0.05, 0) is 35.2 Å². The molecule has 4 unspecified atom stereocenters. The normalized spacial score (nSPS) is 31.0. The Kier molecular flexibility index (Phi) is 3.93. The summed E-state index contributed by atoms with van der Waals surface area (Å²) in [7, 11) is 1.67. The molecular formula is C13H19BrN2O3. The lowest BCUT2D eigenvalue weighted by molar-refractivity contribution is 0.0369. The summed E-state index contributed by atoms with van der Waals surface area (Å²) in [6, 6.07) is 0. The number of hydrogen-bond donors (Lipinski definition) is 1. The van der Waals surface area contributed by atoms with Crippen LogP contribution in [0.4, 0.5) is 0 Å². The van der Waals surface area contributed by atoms with Gasteiger partial charge in [0.2, 0.25) is 0 Å². The summed E-state index contributed by atoms with van der Waals surface area (Å²) in [5.41, 5.74) is 0.846. The molecule has 6 heteroatoms. The summed E-state index contributed by atoms with van der Waals surface area (Å²) in [6.45, 7) is 1.23. The third-order valence-electron chi connectivity index (χ3n) is 4.18. The van der Waals surface area contributed by atoms with Crippen molar-refractivity contribution in [2.75, 3.05) is 13.7 Å². The third-order valence-corrected chi connectivity index (χ3v) is 4.79. The number of aromatic nitrogens is 2. The fourth-order valence-corrected chi connectivity index (χ4v) is 3.76. The van der Waals surface area contributed by atoms with Crippen LogP contribution in [-0.2, 0) is 16.0 Å². The van der Waals surface area contributed by atoms with Crippen molar-refractivity contribution in [3.05, 3.63) is 16.4 Å². The molecular weight excluding hydrogens is 312 g/mol. The molecule has 2 aliphatic rings. The van der Waals surface area contributed by atoms with Crippen LogP contribution in [0.5, 0.6) is 0 Å². The molecule has 0 amide bonds. The number of hydrogen-bond acceptors (Lipinski definition) is 4. The minimum absolute atomic E-state index is 0.188. The predicted molar refractivity (Wildman–Crippen MR) is 72.8 cm³/mol. The lowest BCUT2D eigenvalue weighted by Gasteiger charge is -2.25. The fraction of sp³-hybridized carbons (Fsp3) is 0.769. The van der Waals surface area contributed by atoms with Gasteiger partial charge < -0.3 is 14.6 Å². The number of aliphatic hydroxyl groups excluding tert-OH is 1. The molecule has 3 heterocycles. The van der Waals surface area contributed by atoms with Gasteiger partial charge in [0.15, 0.2) is 0 Å². The third kappa shape index (κ3) is 2.46. The first kappa shape index (κ1) is 13.5. The van der Waals surface area contributed by atoms with Gasteiger partial charge in [-0.2, -0.15) is 5.10 Å². The molecule has 1 aromatic heterocycles. The first-order valence-corrected chi connectivity index (χ1v) is 7.53. The molecule has 19 heavy (non-hydrogen) atoms. The van der Waals surface area contributed by atoms with E-state index >= 15 is 0 Å². The number of methoxy groups -OCH3 is 1. The van der Waals surface area contributed by atoms with Crippen LogP contribution in [0.15, 0.2) is 10.7 Å². The Balaban J connectivity index is 1.79. The predicted octanol–water partition coefficient (Wildman–Crippen LogP) is 1.89. The van der Waals surface area contributed by atoms with Crippen LogP contribution in [0.25, 0.3) is 0 Å². The van der Waals surface area contributed by atoms with Gasteiger partial charge in [0.1, 0.15) is 6.10 Å². The van der Waals surface area contributed by atoms with Gasteiger partial charge in [0.05, 0.1) is 41.7 Å². The van der Waals surface area contributed by atoms with Crippen molar-refractivity contribution in [2.45, 2.75) is 44.1 Å². The molecule has 1 aromatic rings. The Morgan fingerprint density at radius 3 is 3.11 bits per heavy atom. The number of rotatable bonds is 5. The van der Waals surface area contributed by atoms with E-state index in [4.69, 9.17) is 9.47 Å². The number of aliphatic hydroxyl groups is 1. The van der Waals surface area contributed by atoms with Crippen LogP contribution in [0.2, 0.25) is 0 Å². The van der Waals surface area contributed by atoms with E-state index in [1.165, 1.54) is 0 Å². The molecule has 2 bridgehead atoms. The molecule has 1 N–H and O–H groups in total. The maximum atomic E-state index is 10.7. The molecule has 106 valence electrons. The largest absolute Gasteiger partial charge is 0.386 e. The quantitative estimate of drug-likeness (QED) is 0.895. The summed E-state index contributed by atoms with van der Waals surface area (Å²) in [6.07, 6.45) is 4.92. The minimum atomic E-state index is -0.524. The summed E-state index contributed by atoms with van der Waals surface area (Å²) >= 11 is 3.48. The van der Waals surface area contributed by atoms with Crippen molar-refractivity contribution in [2.24, 2.45) is 5.92 Å². The van der Waals surface area contributed by atoms with Crippen LogP contribution in [0.1, 0.15) is 31.1 Å². The van der Waals surface area contributed by atoms with E-state index in [2.05, 4.69) is 21.0 Å². The Labute approximate surface area is 121 Å². The standard InChI is InChI=1S/C13H19BrN2O3/c1-18-5-4-16-12(10(14)7-15-16)13(17)9-6-8-2-3-11(9)19-8/h7-9,11,13,17H,2-6H2,1H3. The number of ether oxygens (including phenoxy) is 2. The van der Waals surface area contributed by atoms with Gasteiger partial charge in [-0.1, -0.05) is 0 Å². The fourth-order valence-electron chi connectivity index (χ4n) is 3.23. The second kappa shape index (κ2) is 5.52. The van der Waals surface area contributed by atoms with Crippen LogP contribution in [0, 0.1) is 5.92 Å². The summed E-state index contributed by atoms with van der Waals surface area (Å²) < 4.78 is 13.6. The summed E-state index contributed by atoms with van der Waals surface area (Å²) in [4.78, 5) is 0. The number of halogens is 1.